The van der Waals surface area contributed by atoms with Gasteiger partial charge in [0.25, 0.3) is 0 Å². The van der Waals surface area contributed by atoms with E-state index in [9.17, 15) is 0 Å². The smallest absolute Gasteiger partial charge is 0.205 e. The van der Waals surface area contributed by atoms with Gasteiger partial charge in [0.05, 0.1) is 0 Å². The molecule has 2 aromatic heterocycles. The molecule has 0 aliphatic heterocycles. The van der Waals surface area contributed by atoms with Crippen molar-refractivity contribution in [1.29, 1.82) is 0 Å². The summed E-state index contributed by atoms with van der Waals surface area (Å²) >= 11 is 7.20. The first-order valence-corrected chi connectivity index (χ1v) is 15.5. The van der Waals surface area contributed by atoms with E-state index in [4.69, 9.17) is 14.7 Å². The number of nitrogens with zero attached hydrogens (tertiary/aromatic N) is 4. The zero-order valence-corrected chi connectivity index (χ0v) is 25.5. The molecule has 5 aromatic carbocycles. The van der Waals surface area contributed by atoms with Gasteiger partial charge in [-0.3, -0.25) is 0 Å². The number of benzene rings is 5. The summed E-state index contributed by atoms with van der Waals surface area (Å²) in [5.74, 6) is 1.26. The number of alkyl halides is 1. The zero-order valence-electron chi connectivity index (χ0n) is 22.4. The third kappa shape index (κ3) is 4.40. The third-order valence-electron chi connectivity index (χ3n) is 7.59. The minimum Gasteiger partial charge on any atom is -0.448 e. The average molecular weight is 676 g/mol. The Balaban J connectivity index is 1.45. The fourth-order valence-electron chi connectivity index (χ4n) is 5.66. The van der Waals surface area contributed by atoms with Crippen LogP contribution >= 0.6 is 31.9 Å². The van der Waals surface area contributed by atoms with Gasteiger partial charge in [0.1, 0.15) is 5.76 Å². The molecule has 0 saturated carbocycles. The second-order valence-corrected chi connectivity index (χ2v) is 11.3. The molecule has 7 rings (SSSR count). The first-order valence-electron chi connectivity index (χ1n) is 13.5. The predicted octanol–water partition coefficient (Wildman–Crippen LogP) is 9.25. The van der Waals surface area contributed by atoms with Crippen molar-refractivity contribution < 1.29 is 4.42 Å². The Hall–Kier alpha value is -4.33. The summed E-state index contributed by atoms with van der Waals surface area (Å²) in [7, 11) is 0. The maximum Gasteiger partial charge on any atom is 0.205 e. The van der Waals surface area contributed by atoms with E-state index in [1.807, 2.05) is 78.9 Å². The molecule has 42 heavy (non-hydrogen) atoms. The molecule has 2 heterocycles. The second kappa shape index (κ2) is 11.2. The maximum atomic E-state index is 6.31. The number of hydrogen-bond acceptors (Lipinski definition) is 4. The molecule has 7 aromatic rings. The van der Waals surface area contributed by atoms with Gasteiger partial charge in [0, 0.05) is 27.2 Å². The van der Waals surface area contributed by atoms with E-state index in [0.29, 0.717) is 10.5 Å². The summed E-state index contributed by atoms with van der Waals surface area (Å²) in [6, 6.07) is 45.4. The van der Waals surface area contributed by atoms with Crippen LogP contribution in [0.4, 0.5) is 0 Å². The molecule has 204 valence electrons. The molecule has 5 nitrogen and oxygen atoms in total. The minimum absolute atomic E-state index is 0.510. The van der Waals surface area contributed by atoms with E-state index in [2.05, 4.69) is 91.6 Å². The summed E-state index contributed by atoms with van der Waals surface area (Å²) in [5, 5.41) is 17.3. The van der Waals surface area contributed by atoms with Crippen molar-refractivity contribution in [2.45, 2.75) is 10.9 Å². The van der Waals surface area contributed by atoms with Gasteiger partial charge in [-0.25, -0.2) is 0 Å². The van der Waals surface area contributed by atoms with Crippen LogP contribution in [0.1, 0.15) is 22.3 Å². The first-order chi connectivity index (χ1) is 20.7. The van der Waals surface area contributed by atoms with Gasteiger partial charge in [0.2, 0.25) is 5.82 Å². The molecule has 0 saturated heterocycles. The van der Waals surface area contributed by atoms with Gasteiger partial charge in [0.15, 0.2) is 10.2 Å². The highest BCUT2D eigenvalue weighted by Gasteiger charge is 2.41. The Kier molecular flexibility index (Phi) is 7.06. The Morgan fingerprint density at radius 3 is 1.76 bits per heavy atom. The second-order valence-electron chi connectivity index (χ2n) is 9.98. The number of tetrazole rings is 1. The summed E-state index contributed by atoms with van der Waals surface area (Å²) in [4.78, 5) is 1.75. The van der Waals surface area contributed by atoms with Crippen molar-refractivity contribution in [1.82, 2.24) is 20.2 Å². The van der Waals surface area contributed by atoms with Crippen LogP contribution in [0, 0.1) is 0 Å². The van der Waals surface area contributed by atoms with Crippen molar-refractivity contribution in [2.75, 3.05) is 0 Å². The molecular weight excluding hydrogens is 652 g/mol. The van der Waals surface area contributed by atoms with Gasteiger partial charge in [-0.2, -0.15) is 0 Å². The number of halogens is 2. The highest BCUT2D eigenvalue weighted by atomic mass is 79.9. The van der Waals surface area contributed by atoms with Gasteiger partial charge >= 0.3 is 0 Å². The van der Waals surface area contributed by atoms with Crippen LogP contribution in [-0.2, 0) is 10.9 Å². The Morgan fingerprint density at radius 1 is 0.643 bits per heavy atom. The first kappa shape index (κ1) is 26.6. The highest BCUT2D eigenvalue weighted by molar-refractivity contribution is 9.10. The number of hydrogen-bond donors (Lipinski definition) is 0. The largest absolute Gasteiger partial charge is 0.448 e. The monoisotopic (exact) mass is 674 g/mol. The van der Waals surface area contributed by atoms with Gasteiger partial charge in [-0.05, 0) is 49.5 Å². The molecule has 0 aliphatic rings. The van der Waals surface area contributed by atoms with Gasteiger partial charge in [-0.1, -0.05) is 143 Å². The van der Waals surface area contributed by atoms with Crippen molar-refractivity contribution in [3.8, 4) is 22.7 Å². The highest BCUT2D eigenvalue weighted by Crippen LogP contribution is 2.42. The fourth-order valence-corrected chi connectivity index (χ4v) is 6.50. The summed E-state index contributed by atoms with van der Waals surface area (Å²) < 4.78 is 7.01. The van der Waals surface area contributed by atoms with Crippen LogP contribution in [0.15, 0.2) is 143 Å². The number of furan rings is 1. The van der Waals surface area contributed by atoms with Gasteiger partial charge < -0.3 is 4.42 Å². The topological polar surface area (TPSA) is 56.7 Å². The van der Waals surface area contributed by atoms with Crippen LogP contribution < -0.4 is 0 Å². The molecule has 7 heteroatoms. The molecule has 0 N–H and O–H groups in total. The lowest BCUT2D eigenvalue weighted by atomic mass is 9.77. The van der Waals surface area contributed by atoms with Crippen LogP contribution in [-0.4, -0.2) is 20.2 Å². The fraction of sp³-hybridized carbons (Fsp3) is 0.0571. The van der Waals surface area contributed by atoms with Crippen molar-refractivity contribution in [3.05, 3.63) is 160 Å². The van der Waals surface area contributed by atoms with E-state index in [0.717, 1.165) is 49.7 Å². The molecule has 0 amide bonds. The summed E-state index contributed by atoms with van der Waals surface area (Å²) in [6.07, 6.45) is 0. The molecule has 0 fully saturated rings. The summed E-state index contributed by atoms with van der Waals surface area (Å²) in [6.45, 7) is 0. The molecule has 0 radical (unpaired) electrons. The normalized spacial score (nSPS) is 11.7. The minimum atomic E-state index is -0.851. The predicted molar refractivity (Wildman–Crippen MR) is 173 cm³/mol. The van der Waals surface area contributed by atoms with Crippen LogP contribution in [0.5, 0.6) is 0 Å². The van der Waals surface area contributed by atoms with Gasteiger partial charge in [-0.15, -0.1) is 15.0 Å². The zero-order chi connectivity index (χ0) is 28.5. The number of aromatic nitrogens is 4. The van der Waals surface area contributed by atoms with Crippen molar-refractivity contribution >= 4 is 42.6 Å². The molecule has 0 spiro atoms. The lowest BCUT2D eigenvalue weighted by molar-refractivity contribution is 0.396. The maximum absolute atomic E-state index is 6.31. The summed E-state index contributed by atoms with van der Waals surface area (Å²) in [5.41, 5.74) is 5.14. The lowest BCUT2D eigenvalue weighted by Crippen LogP contribution is -2.39. The van der Waals surface area contributed by atoms with Crippen LogP contribution in [0.2, 0.25) is 0 Å². The van der Waals surface area contributed by atoms with E-state index >= 15 is 0 Å². The quantitative estimate of drug-likeness (QED) is 0.125. The molecule has 0 unspecified atom stereocenters. The Morgan fingerprint density at radius 2 is 1.19 bits per heavy atom. The van der Waals surface area contributed by atoms with E-state index in [1.54, 1.807) is 4.80 Å². The molecule has 0 atom stereocenters. The number of rotatable bonds is 7. The van der Waals surface area contributed by atoms with Crippen molar-refractivity contribution in [3.63, 3.8) is 0 Å². The molecule has 0 aliphatic carbocycles. The molecular formula is C35H24Br2N4O. The number of fused-ring (bicyclic) bond motifs is 1. The van der Waals surface area contributed by atoms with E-state index < -0.39 is 5.54 Å². The SMILES string of the molecule is BrCc1ccc2c(-c3ccccc3-c3nnn(C(c4ccccc4)(c4ccccc4)c4ccccc4)n3)oc(Br)c2c1. The third-order valence-corrected chi connectivity index (χ3v) is 8.82. The average Bonchev–Trinajstić information content (AvgIpc) is 3.68. The van der Waals surface area contributed by atoms with Crippen LogP contribution in [0.3, 0.4) is 0 Å². The van der Waals surface area contributed by atoms with E-state index in [1.165, 1.54) is 5.56 Å². The van der Waals surface area contributed by atoms with Crippen molar-refractivity contribution in [2.24, 2.45) is 0 Å². The van der Waals surface area contributed by atoms with Crippen LogP contribution in [0.25, 0.3) is 33.5 Å². The Bertz CT molecular complexity index is 1890. The van der Waals surface area contributed by atoms with E-state index in [-0.39, 0.29) is 0 Å². The molecule has 0 bridgehead atoms. The lowest BCUT2D eigenvalue weighted by Gasteiger charge is -2.34. The standard InChI is InChI=1S/C35H24Br2N4O/c36-23-24-20-21-29-31(22-24)33(37)42-32(29)28-18-10-11-19-30(28)34-38-40-41(39-34)35(25-12-4-1-5-13-25,26-14-6-2-7-15-26)27-16-8-3-9-17-27/h1-22H,23H2. The Labute approximate surface area is 260 Å².